The van der Waals surface area contributed by atoms with Crippen LogP contribution < -0.4 is 13.8 Å². The van der Waals surface area contributed by atoms with Crippen LogP contribution in [0.4, 0.5) is 11.4 Å². The minimum atomic E-state index is -4.17. The molecule has 0 aliphatic heterocycles. The van der Waals surface area contributed by atoms with Gasteiger partial charge in [-0.2, -0.15) is 0 Å². The Labute approximate surface area is 214 Å². The minimum Gasteiger partial charge on any atom is -0.493 e. The predicted molar refractivity (Wildman–Crippen MR) is 139 cm³/mol. The minimum absolute atomic E-state index is 0.00400. The number of hydrogen-bond donors (Lipinski definition) is 1. The fourth-order valence-corrected chi connectivity index (χ4v) is 5.26. The molecule has 0 bridgehead atoms. The number of methoxy groups -OCH3 is 2. The van der Waals surface area contributed by atoms with Gasteiger partial charge < -0.3 is 19.1 Å². The number of para-hydroxylation sites is 1. The summed E-state index contributed by atoms with van der Waals surface area (Å²) in [6.07, 6.45) is 0. The Morgan fingerprint density at radius 1 is 1.00 bits per heavy atom. The predicted octanol–water partition coefficient (Wildman–Crippen LogP) is 4.72. The SMILES string of the molecule is COc1ccc(N(CC(=O)N=Nc2c(O)n(C)c3ccccc23)S(=O)(=O)c2ccc(C)cc2)cc1OC. The third-order valence-electron chi connectivity index (χ3n) is 5.85. The van der Waals surface area contributed by atoms with Gasteiger partial charge in [-0.05, 0) is 37.3 Å². The standard InChI is InChI=1S/C26H26N4O6S/c1-17-9-12-19(13-10-17)37(33,34)30(18-11-14-22(35-3)23(15-18)36-4)16-24(31)27-28-25-20-7-5-6-8-21(20)29(2)26(25)32/h5-15,32H,16H2,1-4H3. The van der Waals surface area contributed by atoms with Crippen LogP contribution in [0.5, 0.6) is 17.4 Å². The van der Waals surface area contributed by atoms with Gasteiger partial charge in [0.25, 0.3) is 15.9 Å². The molecule has 1 aromatic heterocycles. The first kappa shape index (κ1) is 25.7. The molecule has 0 fully saturated rings. The van der Waals surface area contributed by atoms with Gasteiger partial charge in [-0.15, -0.1) is 10.2 Å². The number of amides is 1. The lowest BCUT2D eigenvalue weighted by Crippen LogP contribution is -2.35. The molecular formula is C26H26N4O6S. The lowest BCUT2D eigenvalue weighted by Gasteiger charge is -2.24. The summed E-state index contributed by atoms with van der Waals surface area (Å²) < 4.78 is 40.3. The summed E-state index contributed by atoms with van der Waals surface area (Å²) in [6.45, 7) is 1.20. The first-order valence-corrected chi connectivity index (χ1v) is 12.6. The number of carbonyl (C=O) groups excluding carboxylic acids is 1. The fourth-order valence-electron chi connectivity index (χ4n) is 3.85. The topological polar surface area (TPSA) is 123 Å². The number of fused-ring (bicyclic) bond motifs is 1. The molecule has 4 rings (SSSR count). The Hall–Kier alpha value is -4.38. The summed E-state index contributed by atoms with van der Waals surface area (Å²) in [7, 11) is 0.377. The number of aryl methyl sites for hydroxylation is 2. The summed E-state index contributed by atoms with van der Waals surface area (Å²) in [6, 6.07) is 17.9. The van der Waals surface area contributed by atoms with E-state index in [2.05, 4.69) is 10.2 Å². The highest BCUT2D eigenvalue weighted by Crippen LogP contribution is 2.38. The van der Waals surface area contributed by atoms with Gasteiger partial charge >= 0.3 is 0 Å². The van der Waals surface area contributed by atoms with Crippen molar-refractivity contribution in [1.82, 2.24) is 4.57 Å². The Kier molecular flexibility index (Phi) is 7.16. The number of anilines is 1. The molecular weight excluding hydrogens is 496 g/mol. The second-order valence-corrected chi connectivity index (χ2v) is 10.1. The lowest BCUT2D eigenvalue weighted by atomic mass is 10.2. The van der Waals surface area contributed by atoms with E-state index in [1.54, 1.807) is 43.4 Å². The molecule has 11 heteroatoms. The monoisotopic (exact) mass is 522 g/mol. The molecule has 0 radical (unpaired) electrons. The van der Waals surface area contributed by atoms with Crippen LogP contribution in [0.1, 0.15) is 5.56 Å². The third kappa shape index (κ3) is 4.98. The largest absolute Gasteiger partial charge is 0.493 e. The number of nitrogens with zero attached hydrogens (tertiary/aromatic N) is 4. The number of hydrogen-bond acceptors (Lipinski definition) is 7. The van der Waals surface area contributed by atoms with E-state index < -0.39 is 22.5 Å². The van der Waals surface area contributed by atoms with Crippen LogP contribution in [0.2, 0.25) is 0 Å². The summed E-state index contributed by atoms with van der Waals surface area (Å²) in [5.74, 6) is -0.310. The number of carbonyl (C=O) groups is 1. The zero-order valence-electron chi connectivity index (χ0n) is 20.7. The van der Waals surface area contributed by atoms with E-state index in [4.69, 9.17) is 9.47 Å². The van der Waals surface area contributed by atoms with Crippen molar-refractivity contribution in [3.8, 4) is 17.4 Å². The molecule has 1 heterocycles. The molecule has 37 heavy (non-hydrogen) atoms. The average Bonchev–Trinajstić information content (AvgIpc) is 3.15. The van der Waals surface area contributed by atoms with Crippen molar-refractivity contribution in [3.63, 3.8) is 0 Å². The second-order valence-electron chi connectivity index (χ2n) is 8.21. The van der Waals surface area contributed by atoms with Crippen LogP contribution in [0.3, 0.4) is 0 Å². The average molecular weight is 523 g/mol. The zero-order chi connectivity index (χ0) is 26.7. The Morgan fingerprint density at radius 3 is 2.35 bits per heavy atom. The quantitative estimate of drug-likeness (QED) is 0.334. The second kappa shape index (κ2) is 10.3. The maximum Gasteiger partial charge on any atom is 0.285 e. The summed E-state index contributed by atoms with van der Waals surface area (Å²) in [5, 5.41) is 18.8. The van der Waals surface area contributed by atoms with Crippen molar-refractivity contribution in [3.05, 3.63) is 72.3 Å². The maximum absolute atomic E-state index is 13.6. The lowest BCUT2D eigenvalue weighted by molar-refractivity contribution is -0.116. The van der Waals surface area contributed by atoms with Gasteiger partial charge in [0.05, 0.1) is 30.3 Å². The van der Waals surface area contributed by atoms with Gasteiger partial charge in [-0.3, -0.25) is 9.10 Å². The Balaban J connectivity index is 1.73. The molecule has 0 saturated heterocycles. The van der Waals surface area contributed by atoms with Crippen molar-refractivity contribution in [2.24, 2.45) is 17.3 Å². The van der Waals surface area contributed by atoms with Crippen LogP contribution in [0.25, 0.3) is 10.9 Å². The fraction of sp³-hybridized carbons (Fsp3) is 0.192. The number of aromatic hydroxyl groups is 1. The molecule has 10 nitrogen and oxygen atoms in total. The number of benzene rings is 3. The first-order chi connectivity index (χ1) is 17.7. The van der Waals surface area contributed by atoms with Gasteiger partial charge in [-0.25, -0.2) is 8.42 Å². The van der Waals surface area contributed by atoms with Crippen molar-refractivity contribution in [2.75, 3.05) is 25.1 Å². The Bertz CT molecular complexity index is 1590. The number of ether oxygens (including phenoxy) is 2. The highest BCUT2D eigenvalue weighted by atomic mass is 32.2. The van der Waals surface area contributed by atoms with Crippen LogP contribution in [-0.2, 0) is 21.9 Å². The molecule has 1 amide bonds. The van der Waals surface area contributed by atoms with Gasteiger partial charge in [-0.1, -0.05) is 35.9 Å². The van der Waals surface area contributed by atoms with Gasteiger partial charge in [0.2, 0.25) is 5.88 Å². The van der Waals surface area contributed by atoms with Crippen molar-refractivity contribution < 1.29 is 27.8 Å². The van der Waals surface area contributed by atoms with Crippen molar-refractivity contribution in [1.29, 1.82) is 0 Å². The van der Waals surface area contributed by atoms with E-state index >= 15 is 0 Å². The van der Waals surface area contributed by atoms with E-state index in [0.717, 1.165) is 9.87 Å². The molecule has 0 aliphatic rings. The number of rotatable bonds is 8. The third-order valence-corrected chi connectivity index (χ3v) is 7.64. The van der Waals surface area contributed by atoms with Gasteiger partial charge in [0.15, 0.2) is 17.2 Å². The molecule has 0 spiro atoms. The zero-order valence-corrected chi connectivity index (χ0v) is 21.6. The maximum atomic E-state index is 13.6. The molecule has 0 aliphatic carbocycles. The normalized spacial score (nSPS) is 11.7. The Morgan fingerprint density at radius 2 is 1.68 bits per heavy atom. The number of azo groups is 1. The van der Waals surface area contributed by atoms with E-state index in [-0.39, 0.29) is 22.2 Å². The van der Waals surface area contributed by atoms with Gasteiger partial charge in [0.1, 0.15) is 6.54 Å². The highest BCUT2D eigenvalue weighted by molar-refractivity contribution is 7.92. The van der Waals surface area contributed by atoms with Crippen molar-refractivity contribution >= 4 is 38.2 Å². The molecule has 4 aromatic rings. The van der Waals surface area contributed by atoms with Gasteiger partial charge in [0, 0.05) is 18.5 Å². The van der Waals surface area contributed by atoms with E-state index in [1.165, 1.54) is 43.1 Å². The van der Waals surface area contributed by atoms with Crippen LogP contribution in [0, 0.1) is 6.92 Å². The number of sulfonamides is 1. The molecule has 0 atom stereocenters. The van der Waals surface area contributed by atoms with E-state index in [0.29, 0.717) is 22.4 Å². The van der Waals surface area contributed by atoms with Crippen molar-refractivity contribution in [2.45, 2.75) is 11.8 Å². The summed E-state index contributed by atoms with van der Waals surface area (Å²) >= 11 is 0. The summed E-state index contributed by atoms with van der Waals surface area (Å²) in [4.78, 5) is 13.0. The molecule has 1 N–H and O–H groups in total. The van der Waals surface area contributed by atoms with Crippen LogP contribution >= 0.6 is 0 Å². The summed E-state index contributed by atoms with van der Waals surface area (Å²) in [5.41, 5.74) is 1.88. The molecule has 0 unspecified atom stereocenters. The molecule has 192 valence electrons. The highest BCUT2D eigenvalue weighted by Gasteiger charge is 2.28. The van der Waals surface area contributed by atoms with E-state index in [9.17, 15) is 18.3 Å². The smallest absolute Gasteiger partial charge is 0.285 e. The van der Waals surface area contributed by atoms with Crippen LogP contribution in [-0.4, -0.2) is 44.8 Å². The first-order valence-electron chi connectivity index (χ1n) is 11.2. The van der Waals surface area contributed by atoms with Crippen LogP contribution in [0.15, 0.2) is 81.9 Å². The molecule has 3 aromatic carbocycles. The molecule has 0 saturated carbocycles. The van der Waals surface area contributed by atoms with E-state index in [1.807, 2.05) is 13.0 Å². The number of aromatic nitrogens is 1.